The molecule has 8 nitrogen and oxygen atoms in total. The van der Waals surface area contributed by atoms with Gasteiger partial charge in [0.05, 0.1) is 24.1 Å². The maximum atomic E-state index is 14.4. The molecule has 3 aromatic rings. The molecule has 0 saturated carbocycles. The van der Waals surface area contributed by atoms with Gasteiger partial charge in [0.2, 0.25) is 11.8 Å². The smallest absolute Gasteiger partial charge is 0.326 e. The molecule has 3 amide bonds. The van der Waals surface area contributed by atoms with Crippen LogP contribution in [0.3, 0.4) is 0 Å². The standard InChI is InChI=1S/C30H26ClN3O5/c1-2-39-24(35)17-33-23-14-7-6-13-21(23)30(29(33)38)26-25(22(32-30)15-18-9-4-3-5-10-18)27(36)34(28(26)37)20-12-8-11-19(31)16-20/h3-14,16,22,25-26,32H,2,15,17H2,1H3/t22-,25+,26+,30+/m1/s1. The van der Waals surface area contributed by atoms with Crippen molar-refractivity contribution in [2.24, 2.45) is 11.8 Å². The molecule has 2 fully saturated rings. The summed E-state index contributed by atoms with van der Waals surface area (Å²) in [6.45, 7) is 1.58. The number of para-hydroxylation sites is 1. The third-order valence-corrected chi connectivity index (χ3v) is 8.06. The van der Waals surface area contributed by atoms with Crippen molar-refractivity contribution in [1.29, 1.82) is 0 Å². The van der Waals surface area contributed by atoms with Crippen LogP contribution >= 0.6 is 11.6 Å². The number of imide groups is 1. The van der Waals surface area contributed by atoms with Crippen LogP contribution in [0.5, 0.6) is 0 Å². The second kappa shape index (κ2) is 9.63. The molecule has 0 aliphatic carbocycles. The first-order valence-corrected chi connectivity index (χ1v) is 13.3. The number of rotatable bonds is 6. The number of benzene rings is 3. The average Bonchev–Trinajstić information content (AvgIpc) is 3.48. The summed E-state index contributed by atoms with van der Waals surface area (Å²) >= 11 is 6.21. The van der Waals surface area contributed by atoms with Gasteiger partial charge in [-0.1, -0.05) is 66.2 Å². The van der Waals surface area contributed by atoms with Crippen LogP contribution < -0.4 is 15.1 Å². The molecular weight excluding hydrogens is 518 g/mol. The highest BCUT2D eigenvalue weighted by atomic mass is 35.5. The lowest BCUT2D eigenvalue weighted by atomic mass is 9.76. The zero-order chi connectivity index (χ0) is 27.3. The van der Waals surface area contributed by atoms with Crippen molar-refractivity contribution >= 4 is 46.7 Å². The Bertz CT molecular complexity index is 1490. The summed E-state index contributed by atoms with van der Waals surface area (Å²) in [6.07, 6.45) is 0.430. The number of hydrogen-bond acceptors (Lipinski definition) is 6. The first kappa shape index (κ1) is 25.3. The van der Waals surface area contributed by atoms with E-state index in [0.717, 1.165) is 10.5 Å². The summed E-state index contributed by atoms with van der Waals surface area (Å²) in [5, 5.41) is 3.86. The molecule has 198 valence electrons. The second-order valence-corrected chi connectivity index (χ2v) is 10.4. The van der Waals surface area contributed by atoms with Crippen molar-refractivity contribution in [3.63, 3.8) is 0 Å². The van der Waals surface area contributed by atoms with E-state index in [-0.39, 0.29) is 19.1 Å². The van der Waals surface area contributed by atoms with Crippen LogP contribution in [-0.4, -0.2) is 42.9 Å². The van der Waals surface area contributed by atoms with Gasteiger partial charge in [-0.05, 0) is 43.2 Å². The summed E-state index contributed by atoms with van der Waals surface area (Å²) < 4.78 is 5.13. The topological polar surface area (TPSA) is 96.0 Å². The summed E-state index contributed by atoms with van der Waals surface area (Å²) in [5.41, 5.74) is 0.896. The van der Waals surface area contributed by atoms with E-state index in [2.05, 4.69) is 5.32 Å². The predicted molar refractivity (Wildman–Crippen MR) is 145 cm³/mol. The summed E-state index contributed by atoms with van der Waals surface area (Å²) in [4.78, 5) is 57.6. The molecule has 6 rings (SSSR count). The minimum atomic E-state index is -1.52. The van der Waals surface area contributed by atoms with Crippen LogP contribution in [0.4, 0.5) is 11.4 Å². The largest absolute Gasteiger partial charge is 0.465 e. The molecular formula is C30H26ClN3O5. The van der Waals surface area contributed by atoms with E-state index in [9.17, 15) is 19.2 Å². The minimum absolute atomic E-state index is 0.178. The average molecular weight is 544 g/mol. The van der Waals surface area contributed by atoms with E-state index in [1.165, 1.54) is 4.90 Å². The Hall–Kier alpha value is -4.01. The number of fused-ring (bicyclic) bond motifs is 4. The lowest BCUT2D eigenvalue weighted by Crippen LogP contribution is -2.56. The zero-order valence-electron chi connectivity index (χ0n) is 21.2. The number of anilines is 2. The minimum Gasteiger partial charge on any atom is -0.465 e. The van der Waals surface area contributed by atoms with Crippen LogP contribution in [0.15, 0.2) is 78.9 Å². The number of esters is 1. The molecule has 1 N–H and O–H groups in total. The van der Waals surface area contributed by atoms with Crippen LogP contribution in [0, 0.1) is 11.8 Å². The van der Waals surface area contributed by atoms with E-state index in [4.69, 9.17) is 16.3 Å². The van der Waals surface area contributed by atoms with Crippen LogP contribution in [0.25, 0.3) is 0 Å². The van der Waals surface area contributed by atoms with Gasteiger partial charge in [0.15, 0.2) is 0 Å². The molecule has 0 aromatic heterocycles. The number of amides is 3. The van der Waals surface area contributed by atoms with Crippen LogP contribution in [-0.2, 0) is 35.9 Å². The Kier molecular flexibility index (Phi) is 6.24. The molecule has 1 spiro atoms. The fourth-order valence-electron chi connectivity index (χ4n) is 6.35. The summed E-state index contributed by atoms with van der Waals surface area (Å²) in [7, 11) is 0. The Morgan fingerprint density at radius 2 is 1.72 bits per heavy atom. The summed E-state index contributed by atoms with van der Waals surface area (Å²) in [6, 6.07) is 22.8. The van der Waals surface area contributed by atoms with E-state index in [1.54, 1.807) is 55.5 Å². The third kappa shape index (κ3) is 3.85. The van der Waals surface area contributed by atoms with Crippen molar-refractivity contribution in [2.45, 2.75) is 24.9 Å². The number of nitrogens with zero attached hydrogens (tertiary/aromatic N) is 2. The maximum absolute atomic E-state index is 14.4. The van der Waals surface area contributed by atoms with Crippen molar-refractivity contribution in [2.75, 3.05) is 23.0 Å². The fourth-order valence-corrected chi connectivity index (χ4v) is 6.54. The zero-order valence-corrected chi connectivity index (χ0v) is 21.9. The van der Waals surface area contributed by atoms with Gasteiger partial charge >= 0.3 is 5.97 Å². The maximum Gasteiger partial charge on any atom is 0.326 e. The second-order valence-electron chi connectivity index (χ2n) is 9.96. The van der Waals surface area contributed by atoms with Crippen molar-refractivity contribution in [3.05, 3.63) is 95.0 Å². The normalized spacial score (nSPS) is 25.4. The SMILES string of the molecule is CCOC(=O)CN1C(=O)[C@]2(N[C@H](Cc3ccccc3)[C@@H]3C(=O)N(c4cccc(Cl)c4)C(=O)[C@H]32)c2ccccc21. The molecule has 3 aliphatic heterocycles. The Morgan fingerprint density at radius 3 is 2.46 bits per heavy atom. The van der Waals surface area contributed by atoms with E-state index < -0.39 is 41.2 Å². The molecule has 0 bridgehead atoms. The number of ether oxygens (including phenoxy) is 1. The van der Waals surface area contributed by atoms with Gasteiger partial charge in [-0.2, -0.15) is 0 Å². The highest BCUT2D eigenvalue weighted by molar-refractivity contribution is 6.31. The molecule has 0 radical (unpaired) electrons. The lowest BCUT2D eigenvalue weighted by Gasteiger charge is -2.30. The number of carbonyl (C=O) groups excluding carboxylic acids is 4. The number of carbonyl (C=O) groups is 4. The molecule has 2 saturated heterocycles. The van der Waals surface area contributed by atoms with E-state index in [0.29, 0.717) is 28.4 Å². The van der Waals surface area contributed by atoms with Gasteiger partial charge < -0.3 is 4.74 Å². The Morgan fingerprint density at radius 1 is 0.974 bits per heavy atom. The van der Waals surface area contributed by atoms with Gasteiger partial charge in [0.1, 0.15) is 12.1 Å². The molecule has 3 heterocycles. The van der Waals surface area contributed by atoms with Gasteiger partial charge in [-0.3, -0.25) is 29.4 Å². The predicted octanol–water partition coefficient (Wildman–Crippen LogP) is 3.47. The molecule has 39 heavy (non-hydrogen) atoms. The van der Waals surface area contributed by atoms with Gasteiger partial charge in [-0.15, -0.1) is 0 Å². The molecule has 9 heteroatoms. The van der Waals surface area contributed by atoms with Crippen molar-refractivity contribution in [3.8, 4) is 0 Å². The summed E-state index contributed by atoms with van der Waals surface area (Å²) in [5.74, 6) is -3.68. The van der Waals surface area contributed by atoms with Crippen molar-refractivity contribution < 1.29 is 23.9 Å². The molecule has 3 aliphatic rings. The van der Waals surface area contributed by atoms with Gasteiger partial charge in [-0.25, -0.2) is 4.90 Å². The van der Waals surface area contributed by atoms with Crippen LogP contribution in [0.1, 0.15) is 18.1 Å². The third-order valence-electron chi connectivity index (χ3n) is 7.82. The molecule has 4 atom stereocenters. The van der Waals surface area contributed by atoms with Crippen molar-refractivity contribution in [1.82, 2.24) is 5.32 Å². The van der Waals surface area contributed by atoms with Gasteiger partial charge in [0.25, 0.3) is 5.91 Å². The fraction of sp³-hybridized carbons (Fsp3) is 0.267. The van der Waals surface area contributed by atoms with E-state index in [1.807, 2.05) is 30.3 Å². The lowest BCUT2D eigenvalue weighted by molar-refractivity contribution is -0.142. The molecule has 0 unspecified atom stereocenters. The van der Waals surface area contributed by atoms with E-state index >= 15 is 0 Å². The highest BCUT2D eigenvalue weighted by Crippen LogP contribution is 2.55. The Balaban J connectivity index is 1.49. The first-order chi connectivity index (χ1) is 18.9. The quantitative estimate of drug-likeness (QED) is 0.378. The number of halogens is 1. The van der Waals surface area contributed by atoms with Gasteiger partial charge in [0, 0.05) is 22.3 Å². The highest BCUT2D eigenvalue weighted by Gasteiger charge is 2.71. The van der Waals surface area contributed by atoms with Crippen LogP contribution in [0.2, 0.25) is 5.02 Å². The monoisotopic (exact) mass is 543 g/mol. The molecule has 3 aromatic carbocycles. The Labute approximate surface area is 230 Å². The number of nitrogens with one attached hydrogen (secondary N) is 1. The number of hydrogen-bond donors (Lipinski definition) is 1. The first-order valence-electron chi connectivity index (χ1n) is 12.9.